The van der Waals surface area contributed by atoms with E-state index in [9.17, 15) is 18.4 Å². The van der Waals surface area contributed by atoms with Crippen LogP contribution in [0.2, 0.25) is 0 Å². The van der Waals surface area contributed by atoms with Gasteiger partial charge in [-0.3, -0.25) is 4.79 Å². The van der Waals surface area contributed by atoms with Crippen LogP contribution in [-0.4, -0.2) is 31.7 Å². The fourth-order valence-electron chi connectivity index (χ4n) is 2.03. The van der Waals surface area contributed by atoms with Gasteiger partial charge in [0.15, 0.2) is 6.61 Å². The summed E-state index contributed by atoms with van der Waals surface area (Å²) in [6.45, 7) is -1.28. The van der Waals surface area contributed by atoms with Crippen molar-refractivity contribution >= 4 is 17.6 Å². The highest BCUT2D eigenvalue weighted by atomic mass is 19.3. The van der Waals surface area contributed by atoms with Gasteiger partial charge in [-0.25, -0.2) is 4.79 Å². The van der Waals surface area contributed by atoms with Gasteiger partial charge in [0.25, 0.3) is 5.91 Å². The summed E-state index contributed by atoms with van der Waals surface area (Å²) in [5.74, 6) is -0.755. The Balaban J connectivity index is 2.00. The molecule has 0 aliphatic carbocycles. The number of carbonyl (C=O) groups is 2. The van der Waals surface area contributed by atoms with Crippen LogP contribution >= 0.6 is 0 Å². The summed E-state index contributed by atoms with van der Waals surface area (Å²) in [5, 5.41) is 2.61. The molecule has 0 radical (unpaired) electrons. The second-order valence-corrected chi connectivity index (χ2v) is 4.98. The first-order valence-corrected chi connectivity index (χ1v) is 7.72. The third-order valence-corrected chi connectivity index (χ3v) is 3.08. The Morgan fingerprint density at radius 1 is 1.08 bits per heavy atom. The van der Waals surface area contributed by atoms with E-state index in [4.69, 9.17) is 9.47 Å². The molecule has 138 valence electrons. The fraction of sp³-hybridized carbons (Fsp3) is 0.222. The van der Waals surface area contributed by atoms with Gasteiger partial charge in [-0.2, -0.15) is 8.78 Å². The van der Waals surface area contributed by atoms with Crippen molar-refractivity contribution in [2.75, 3.05) is 18.5 Å². The van der Waals surface area contributed by atoms with E-state index in [-0.39, 0.29) is 24.5 Å². The summed E-state index contributed by atoms with van der Waals surface area (Å²) in [4.78, 5) is 23.5. The summed E-state index contributed by atoms with van der Waals surface area (Å²) < 4.78 is 38.8. The van der Waals surface area contributed by atoms with Crippen molar-refractivity contribution in [3.63, 3.8) is 0 Å². The summed E-state index contributed by atoms with van der Waals surface area (Å²) in [7, 11) is 0. The van der Waals surface area contributed by atoms with Crippen molar-refractivity contribution in [2.24, 2.45) is 0 Å². The van der Waals surface area contributed by atoms with Crippen LogP contribution in [-0.2, 0) is 9.53 Å². The molecular formula is C18H17F2NO5. The molecule has 6 nitrogen and oxygen atoms in total. The number of alkyl halides is 2. The minimum absolute atomic E-state index is 0.112. The van der Waals surface area contributed by atoms with Crippen LogP contribution in [0.15, 0.2) is 48.5 Å². The number of hydrogen-bond acceptors (Lipinski definition) is 5. The Bertz CT molecular complexity index is 767. The van der Waals surface area contributed by atoms with E-state index < -0.39 is 18.5 Å². The number of nitrogens with one attached hydrogen (secondary N) is 1. The lowest BCUT2D eigenvalue weighted by atomic mass is 10.2. The van der Waals surface area contributed by atoms with E-state index in [0.29, 0.717) is 11.4 Å². The highest BCUT2D eigenvalue weighted by Crippen LogP contribution is 2.20. The average Bonchev–Trinajstić information content (AvgIpc) is 2.60. The van der Waals surface area contributed by atoms with Crippen molar-refractivity contribution in [1.29, 1.82) is 0 Å². The summed E-state index contributed by atoms with van der Waals surface area (Å²) in [5.41, 5.74) is 0.567. The van der Waals surface area contributed by atoms with Gasteiger partial charge in [-0.15, -0.1) is 0 Å². The lowest BCUT2D eigenvalue weighted by molar-refractivity contribution is -0.145. The standard InChI is InChI=1S/C18H17F2NO5/c1-2-24-16(22)11-25-14-7-4-6-13(10-14)21-17(23)12-5-3-8-15(9-12)26-18(19)20/h3-10,18H,2,11H2,1H3,(H,21,23). The van der Waals surface area contributed by atoms with Gasteiger partial charge in [0.05, 0.1) is 6.61 Å². The van der Waals surface area contributed by atoms with Crippen molar-refractivity contribution < 1.29 is 32.6 Å². The molecule has 0 spiro atoms. The lowest BCUT2D eigenvalue weighted by Crippen LogP contribution is -2.15. The van der Waals surface area contributed by atoms with E-state index >= 15 is 0 Å². The van der Waals surface area contributed by atoms with Crippen LogP contribution in [0.3, 0.4) is 0 Å². The van der Waals surface area contributed by atoms with Crippen molar-refractivity contribution in [1.82, 2.24) is 0 Å². The molecule has 0 fully saturated rings. The molecular weight excluding hydrogens is 348 g/mol. The monoisotopic (exact) mass is 365 g/mol. The van der Waals surface area contributed by atoms with Crippen molar-refractivity contribution in [3.05, 3.63) is 54.1 Å². The maximum Gasteiger partial charge on any atom is 0.387 e. The number of halogens is 2. The van der Waals surface area contributed by atoms with Crippen LogP contribution < -0.4 is 14.8 Å². The summed E-state index contributed by atoms with van der Waals surface area (Å²) >= 11 is 0. The molecule has 0 heterocycles. The molecule has 0 saturated heterocycles. The molecule has 1 amide bonds. The Kier molecular flexibility index (Phi) is 6.90. The molecule has 0 atom stereocenters. The lowest BCUT2D eigenvalue weighted by Gasteiger charge is -2.10. The number of benzene rings is 2. The first-order valence-electron chi connectivity index (χ1n) is 7.72. The molecule has 1 N–H and O–H groups in total. The molecule has 2 aromatic rings. The first kappa shape index (κ1) is 19.2. The van der Waals surface area contributed by atoms with E-state index in [1.54, 1.807) is 25.1 Å². The van der Waals surface area contributed by atoms with Gasteiger partial charge >= 0.3 is 12.6 Å². The van der Waals surface area contributed by atoms with Crippen LogP contribution in [0.4, 0.5) is 14.5 Å². The summed E-state index contributed by atoms with van der Waals surface area (Å²) in [6, 6.07) is 11.8. The third-order valence-electron chi connectivity index (χ3n) is 3.08. The zero-order chi connectivity index (χ0) is 18.9. The molecule has 2 rings (SSSR count). The zero-order valence-corrected chi connectivity index (χ0v) is 13.9. The third kappa shape index (κ3) is 6.04. The van der Waals surface area contributed by atoms with E-state index in [1.807, 2.05) is 0 Å². The summed E-state index contributed by atoms with van der Waals surface area (Å²) in [6.07, 6.45) is 0. The van der Waals surface area contributed by atoms with Crippen LogP contribution in [0.25, 0.3) is 0 Å². The van der Waals surface area contributed by atoms with Crippen LogP contribution in [0.5, 0.6) is 11.5 Å². The highest BCUT2D eigenvalue weighted by Gasteiger charge is 2.11. The number of rotatable bonds is 8. The van der Waals surface area contributed by atoms with Gasteiger partial charge in [0.1, 0.15) is 11.5 Å². The van der Waals surface area contributed by atoms with Gasteiger partial charge in [-0.05, 0) is 37.3 Å². The van der Waals surface area contributed by atoms with Gasteiger partial charge in [-0.1, -0.05) is 12.1 Å². The topological polar surface area (TPSA) is 73.9 Å². The molecule has 0 aliphatic rings. The second-order valence-electron chi connectivity index (χ2n) is 4.98. The normalized spacial score (nSPS) is 10.3. The number of hydrogen-bond donors (Lipinski definition) is 1. The maximum absolute atomic E-state index is 12.3. The molecule has 2 aromatic carbocycles. The van der Waals surface area contributed by atoms with E-state index in [2.05, 4.69) is 10.1 Å². The molecule has 8 heteroatoms. The predicted octanol–water partition coefficient (Wildman–Crippen LogP) is 3.48. The van der Waals surface area contributed by atoms with E-state index in [1.165, 1.54) is 30.3 Å². The zero-order valence-electron chi connectivity index (χ0n) is 13.9. The second kappa shape index (κ2) is 9.36. The SMILES string of the molecule is CCOC(=O)COc1cccc(NC(=O)c2cccc(OC(F)F)c2)c1. The highest BCUT2D eigenvalue weighted by molar-refractivity contribution is 6.04. The van der Waals surface area contributed by atoms with Crippen LogP contribution in [0, 0.1) is 0 Å². The number of anilines is 1. The first-order chi connectivity index (χ1) is 12.5. The molecule has 0 aromatic heterocycles. The number of esters is 1. The molecule has 0 saturated carbocycles. The Morgan fingerprint density at radius 2 is 1.81 bits per heavy atom. The van der Waals surface area contributed by atoms with Crippen LogP contribution in [0.1, 0.15) is 17.3 Å². The van der Waals surface area contributed by atoms with Gasteiger partial charge in [0.2, 0.25) is 0 Å². The molecule has 0 aliphatic heterocycles. The minimum Gasteiger partial charge on any atom is -0.482 e. The number of amides is 1. The van der Waals surface area contributed by atoms with Gasteiger partial charge < -0.3 is 19.5 Å². The Labute approximate surface area is 148 Å². The van der Waals surface area contributed by atoms with Crippen molar-refractivity contribution in [3.8, 4) is 11.5 Å². The molecule has 0 bridgehead atoms. The Morgan fingerprint density at radius 3 is 2.54 bits per heavy atom. The average molecular weight is 365 g/mol. The largest absolute Gasteiger partial charge is 0.482 e. The predicted molar refractivity (Wildman–Crippen MR) is 89.6 cm³/mol. The quantitative estimate of drug-likeness (QED) is 0.725. The van der Waals surface area contributed by atoms with E-state index in [0.717, 1.165) is 0 Å². The van der Waals surface area contributed by atoms with Gasteiger partial charge in [0, 0.05) is 17.3 Å². The number of carbonyl (C=O) groups excluding carboxylic acids is 2. The smallest absolute Gasteiger partial charge is 0.387 e. The minimum atomic E-state index is -2.97. The number of ether oxygens (including phenoxy) is 3. The fourth-order valence-corrected chi connectivity index (χ4v) is 2.03. The molecule has 26 heavy (non-hydrogen) atoms. The maximum atomic E-state index is 12.3. The molecule has 0 unspecified atom stereocenters. The Hall–Kier alpha value is -3.16. The van der Waals surface area contributed by atoms with Crippen molar-refractivity contribution in [2.45, 2.75) is 13.5 Å².